The smallest absolute Gasteiger partial charge is 0.109 e. The summed E-state index contributed by atoms with van der Waals surface area (Å²) in [6.07, 6.45) is 18.1. The second-order valence-corrected chi connectivity index (χ2v) is 8.37. The maximum Gasteiger partial charge on any atom is 0.109 e. The van der Waals surface area contributed by atoms with Crippen molar-refractivity contribution in [3.63, 3.8) is 0 Å². The van der Waals surface area contributed by atoms with E-state index >= 15 is 0 Å². The average Bonchev–Trinajstić information content (AvgIpc) is 2.58. The number of halogens is 2. The number of rotatable bonds is 16. The van der Waals surface area contributed by atoms with E-state index in [-0.39, 0.29) is 0 Å². The van der Waals surface area contributed by atoms with E-state index in [1.165, 1.54) is 50.5 Å². The molecule has 0 spiro atoms. The third kappa shape index (κ3) is 14.5. The molecule has 0 aliphatic rings. The molecule has 0 radical (unpaired) electrons. The van der Waals surface area contributed by atoms with Gasteiger partial charge in [-0.15, -0.1) is 0 Å². The normalized spacial score (nSPS) is 14.4. The zero-order chi connectivity index (χ0) is 19.0. The molecule has 0 aromatic rings. The van der Waals surface area contributed by atoms with E-state index in [1.54, 1.807) is 0 Å². The Morgan fingerprint density at radius 3 is 2.24 bits per heavy atom. The Morgan fingerprint density at radius 2 is 1.68 bits per heavy atom. The van der Waals surface area contributed by atoms with Gasteiger partial charge in [0.05, 0.1) is 18.8 Å². The highest BCUT2D eigenvalue weighted by molar-refractivity contribution is 14.1. The van der Waals surface area contributed by atoms with E-state index in [9.17, 15) is 0 Å². The molecule has 1 atom stereocenters. The number of allylic oxidation sites excluding steroid dienone is 4. The van der Waals surface area contributed by atoms with Gasteiger partial charge in [-0.3, -0.25) is 0 Å². The molecular formula is C20H37I2NO2. The van der Waals surface area contributed by atoms with Crippen molar-refractivity contribution in [3.05, 3.63) is 23.8 Å². The van der Waals surface area contributed by atoms with E-state index in [2.05, 4.69) is 39.0 Å². The predicted octanol–water partition coefficient (Wildman–Crippen LogP) is 7.09. The molecule has 0 rings (SSSR count). The summed E-state index contributed by atoms with van der Waals surface area (Å²) < 4.78 is 10.5. The first-order valence-corrected chi connectivity index (χ1v) is 11.4. The Kier molecular flexibility index (Phi) is 17.5. The molecule has 0 aromatic heterocycles. The van der Waals surface area contributed by atoms with Gasteiger partial charge >= 0.3 is 0 Å². The molecule has 2 N–H and O–H groups in total. The zero-order valence-electron chi connectivity index (χ0n) is 16.2. The number of hydrogen-bond donors (Lipinski definition) is 1. The van der Waals surface area contributed by atoms with E-state index in [0.29, 0.717) is 19.1 Å². The zero-order valence-corrected chi connectivity index (χ0v) is 20.6. The van der Waals surface area contributed by atoms with Crippen molar-refractivity contribution in [3.8, 4) is 0 Å². The molecule has 0 saturated carbocycles. The van der Waals surface area contributed by atoms with E-state index in [4.69, 9.17) is 11.9 Å². The third-order valence-electron chi connectivity index (χ3n) is 4.62. The highest BCUT2D eigenvalue weighted by Crippen LogP contribution is 2.20. The van der Waals surface area contributed by atoms with Gasteiger partial charge in [0.15, 0.2) is 0 Å². The van der Waals surface area contributed by atoms with Crippen molar-refractivity contribution in [2.75, 3.05) is 13.2 Å². The molecule has 0 heterocycles. The first-order valence-electron chi connectivity index (χ1n) is 9.60. The highest BCUT2D eigenvalue weighted by Gasteiger charge is 2.25. The second kappa shape index (κ2) is 17.0. The molecule has 1 unspecified atom stereocenters. The van der Waals surface area contributed by atoms with Gasteiger partial charge in [0.25, 0.3) is 0 Å². The SMILES string of the molecule is C/C=C(\C=C/C(C)CCCCCCCC)CCC(N)(COI)COI. The molecule has 0 fully saturated rings. The van der Waals surface area contributed by atoms with Crippen LogP contribution >= 0.6 is 46.0 Å². The quantitative estimate of drug-likeness (QED) is 0.121. The van der Waals surface area contributed by atoms with Crippen LogP contribution in [0.5, 0.6) is 0 Å². The Labute approximate surface area is 183 Å². The van der Waals surface area contributed by atoms with Crippen LogP contribution in [0.4, 0.5) is 0 Å². The lowest BCUT2D eigenvalue weighted by Crippen LogP contribution is -2.47. The highest BCUT2D eigenvalue weighted by atomic mass is 127. The third-order valence-corrected chi connectivity index (χ3v) is 5.24. The van der Waals surface area contributed by atoms with E-state index in [0.717, 1.165) is 12.8 Å². The molecular weight excluding hydrogens is 540 g/mol. The van der Waals surface area contributed by atoms with Crippen LogP contribution in [0.3, 0.4) is 0 Å². The standard InChI is InChI=1S/C20H37I2NO2/c1-4-6-7-8-9-10-11-18(3)12-13-19(5-2)14-15-20(23,16-24-21)17-25-22/h5,12-13,18H,4,6-11,14-17,23H2,1-3H3/b13-12-,19-5+. The Morgan fingerprint density at radius 1 is 1.08 bits per heavy atom. The van der Waals surface area contributed by atoms with Crippen LogP contribution in [-0.2, 0) is 6.13 Å². The molecule has 0 aliphatic carbocycles. The van der Waals surface area contributed by atoms with Crippen LogP contribution < -0.4 is 5.73 Å². The first kappa shape index (κ1) is 25.8. The van der Waals surface area contributed by atoms with Crippen molar-refractivity contribution >= 4 is 46.0 Å². The fourth-order valence-corrected chi connectivity index (χ4v) is 3.99. The summed E-state index contributed by atoms with van der Waals surface area (Å²) in [5.74, 6) is 0.638. The summed E-state index contributed by atoms with van der Waals surface area (Å²) in [5, 5.41) is 0. The largest absolute Gasteiger partial charge is 0.321 e. The van der Waals surface area contributed by atoms with Gasteiger partial charge < -0.3 is 11.9 Å². The monoisotopic (exact) mass is 577 g/mol. The Balaban J connectivity index is 4.18. The molecule has 0 aromatic carbocycles. The van der Waals surface area contributed by atoms with Crippen molar-refractivity contribution in [2.24, 2.45) is 11.7 Å². The lowest BCUT2D eigenvalue weighted by atomic mass is 9.93. The van der Waals surface area contributed by atoms with Crippen molar-refractivity contribution < 1.29 is 6.13 Å². The molecule has 0 bridgehead atoms. The number of unbranched alkanes of at least 4 members (excludes halogenated alkanes) is 5. The Hall–Kier alpha value is 0.820. The van der Waals surface area contributed by atoms with Crippen LogP contribution in [0.25, 0.3) is 0 Å². The topological polar surface area (TPSA) is 44.5 Å². The number of nitrogens with two attached hydrogens (primary N) is 1. The fourth-order valence-electron chi connectivity index (χ4n) is 2.75. The molecule has 0 aliphatic heterocycles. The minimum absolute atomic E-state index is 0.422. The van der Waals surface area contributed by atoms with Gasteiger partial charge in [-0.25, -0.2) is 0 Å². The minimum atomic E-state index is -0.422. The van der Waals surface area contributed by atoms with Crippen LogP contribution in [0.15, 0.2) is 23.8 Å². The summed E-state index contributed by atoms with van der Waals surface area (Å²) in [6.45, 7) is 7.69. The summed E-state index contributed by atoms with van der Waals surface area (Å²) in [5.41, 5.74) is 7.30. The maximum absolute atomic E-state index is 6.38. The fraction of sp³-hybridized carbons (Fsp3) is 0.800. The minimum Gasteiger partial charge on any atom is -0.321 e. The van der Waals surface area contributed by atoms with E-state index in [1.807, 2.05) is 46.0 Å². The van der Waals surface area contributed by atoms with Crippen LogP contribution in [0.1, 0.15) is 78.6 Å². The molecule has 3 nitrogen and oxygen atoms in total. The van der Waals surface area contributed by atoms with Gasteiger partial charge in [0, 0.05) is 0 Å². The van der Waals surface area contributed by atoms with Gasteiger partial charge in [-0.1, -0.05) is 76.2 Å². The van der Waals surface area contributed by atoms with Crippen molar-refractivity contribution in [1.82, 2.24) is 0 Å². The number of hydrogen-bond acceptors (Lipinski definition) is 3. The van der Waals surface area contributed by atoms with Crippen LogP contribution in [-0.4, -0.2) is 18.8 Å². The van der Waals surface area contributed by atoms with Crippen molar-refractivity contribution in [1.29, 1.82) is 0 Å². The van der Waals surface area contributed by atoms with E-state index < -0.39 is 5.54 Å². The van der Waals surface area contributed by atoms with Gasteiger partial charge in [-0.05, 0) is 32.1 Å². The molecule has 5 heteroatoms. The van der Waals surface area contributed by atoms with Gasteiger partial charge in [0.2, 0.25) is 0 Å². The summed E-state index contributed by atoms with van der Waals surface area (Å²) >= 11 is 3.80. The van der Waals surface area contributed by atoms with Crippen molar-refractivity contribution in [2.45, 2.75) is 84.1 Å². The maximum atomic E-state index is 6.38. The van der Waals surface area contributed by atoms with Crippen LogP contribution in [0.2, 0.25) is 0 Å². The lowest BCUT2D eigenvalue weighted by Gasteiger charge is -2.26. The summed E-state index contributed by atoms with van der Waals surface area (Å²) in [4.78, 5) is 0. The van der Waals surface area contributed by atoms with Gasteiger partial charge in [0.1, 0.15) is 46.0 Å². The molecule has 148 valence electrons. The molecule has 25 heavy (non-hydrogen) atoms. The molecule has 0 amide bonds. The molecule has 0 saturated heterocycles. The second-order valence-electron chi connectivity index (χ2n) is 7.13. The summed E-state index contributed by atoms with van der Waals surface area (Å²) in [6, 6.07) is 0. The first-order chi connectivity index (χ1) is 12.0. The van der Waals surface area contributed by atoms with Crippen LogP contribution in [0, 0.1) is 5.92 Å². The predicted molar refractivity (Wildman–Crippen MR) is 126 cm³/mol. The Bertz CT molecular complexity index is 367. The average molecular weight is 577 g/mol. The van der Waals surface area contributed by atoms with Gasteiger partial charge in [-0.2, -0.15) is 0 Å². The lowest BCUT2D eigenvalue weighted by molar-refractivity contribution is 0.195. The summed E-state index contributed by atoms with van der Waals surface area (Å²) in [7, 11) is 0.